The van der Waals surface area contributed by atoms with E-state index in [0.717, 1.165) is 12.2 Å². The van der Waals surface area contributed by atoms with Crippen molar-refractivity contribution in [3.8, 4) is 0 Å². The van der Waals surface area contributed by atoms with E-state index in [0.29, 0.717) is 12.2 Å². The van der Waals surface area contributed by atoms with E-state index in [4.69, 9.17) is 0 Å². The number of hydrogen-bond donors (Lipinski definition) is 0. The fourth-order valence-electron chi connectivity index (χ4n) is 0.268. The summed E-state index contributed by atoms with van der Waals surface area (Å²) in [6, 6.07) is 0. The third-order valence-electron chi connectivity index (χ3n) is 0.576. The van der Waals surface area contributed by atoms with Crippen molar-refractivity contribution in [2.75, 3.05) is 0 Å². The summed E-state index contributed by atoms with van der Waals surface area (Å²) in [4.78, 5) is 19.3. The van der Waals surface area contributed by atoms with E-state index in [1.807, 2.05) is 0 Å². The van der Waals surface area contributed by atoms with Crippen LogP contribution in [0.25, 0.3) is 0 Å². The van der Waals surface area contributed by atoms with Crippen LogP contribution in [0.1, 0.15) is 0 Å². The van der Waals surface area contributed by atoms with Gasteiger partial charge in [0.25, 0.3) is 0 Å². The third-order valence-corrected chi connectivity index (χ3v) is 0.576. The van der Waals surface area contributed by atoms with Gasteiger partial charge in [-0.1, -0.05) is 12.2 Å². The third kappa shape index (κ3) is 16.5. The van der Waals surface area contributed by atoms with Crippen LogP contribution < -0.4 is 10.2 Å². The van der Waals surface area contributed by atoms with Crippen LogP contribution in [0.3, 0.4) is 0 Å². The van der Waals surface area contributed by atoms with Crippen LogP contribution in [-0.4, -0.2) is 11.9 Å². The SMILES string of the molecule is O=C([O-])/C=C/C=C/C(=O)[O-].[Ag+].[Ag+]. The van der Waals surface area contributed by atoms with E-state index in [2.05, 4.69) is 0 Å². The van der Waals surface area contributed by atoms with E-state index in [-0.39, 0.29) is 44.8 Å². The van der Waals surface area contributed by atoms with Gasteiger partial charge in [0.1, 0.15) is 0 Å². The summed E-state index contributed by atoms with van der Waals surface area (Å²) in [7, 11) is 0. The summed E-state index contributed by atoms with van der Waals surface area (Å²) in [5, 5.41) is 19.3. The molecule has 0 N–H and O–H groups in total. The maximum absolute atomic E-state index is 9.65. The van der Waals surface area contributed by atoms with Crippen molar-refractivity contribution >= 4 is 11.9 Å². The first-order valence-corrected chi connectivity index (χ1v) is 2.39. The summed E-state index contributed by atoms with van der Waals surface area (Å²) >= 11 is 0. The van der Waals surface area contributed by atoms with Crippen molar-refractivity contribution in [1.82, 2.24) is 0 Å². The first kappa shape index (κ1) is 17.8. The Bertz CT molecular complexity index is 176. The van der Waals surface area contributed by atoms with Crippen molar-refractivity contribution in [3.63, 3.8) is 0 Å². The molecule has 4 nitrogen and oxygen atoms in total. The van der Waals surface area contributed by atoms with Crippen LogP contribution in [-0.2, 0) is 54.3 Å². The van der Waals surface area contributed by atoms with Crippen LogP contribution in [0.4, 0.5) is 0 Å². The van der Waals surface area contributed by atoms with Gasteiger partial charge >= 0.3 is 44.8 Å². The van der Waals surface area contributed by atoms with E-state index in [1.54, 1.807) is 0 Å². The number of carbonyl (C=O) groups excluding carboxylic acids is 2. The molecule has 0 atom stereocenters. The van der Waals surface area contributed by atoms with Gasteiger partial charge in [0, 0.05) is 0 Å². The molecule has 0 fully saturated rings. The molecule has 0 aromatic carbocycles. The second-order valence-electron chi connectivity index (χ2n) is 1.36. The molecule has 0 aromatic rings. The smallest absolute Gasteiger partial charge is 0.545 e. The van der Waals surface area contributed by atoms with Crippen molar-refractivity contribution in [2.24, 2.45) is 0 Å². The number of carboxylic acid groups (broad SMARTS) is 2. The quantitative estimate of drug-likeness (QED) is 0.321. The molecule has 0 rings (SSSR count). The second kappa shape index (κ2) is 10.9. The molecule has 0 unspecified atom stereocenters. The Morgan fingerprint density at radius 1 is 0.833 bits per heavy atom. The molecule has 0 saturated carbocycles. The monoisotopic (exact) mass is 354 g/mol. The van der Waals surface area contributed by atoms with Gasteiger partial charge in [-0.2, -0.15) is 0 Å². The summed E-state index contributed by atoms with van der Waals surface area (Å²) in [6.07, 6.45) is 3.48. The molecule has 74 valence electrons. The molecule has 0 spiro atoms. The van der Waals surface area contributed by atoms with Crippen molar-refractivity contribution in [1.29, 1.82) is 0 Å². The number of aliphatic carboxylic acids is 2. The Hall–Kier alpha value is -0.0995. The number of hydrogen-bond acceptors (Lipinski definition) is 4. The maximum atomic E-state index is 9.65. The average molecular weight is 356 g/mol. The van der Waals surface area contributed by atoms with Gasteiger partial charge in [-0.25, -0.2) is 0 Å². The van der Waals surface area contributed by atoms with Crippen LogP contribution in [0.5, 0.6) is 0 Å². The molecule has 0 aliphatic carbocycles. The molecule has 0 saturated heterocycles. The zero-order valence-electron chi connectivity index (χ0n) is 5.55. The van der Waals surface area contributed by atoms with Gasteiger partial charge in [-0.3, -0.25) is 0 Å². The average Bonchev–Trinajstić information content (AvgIpc) is 1.79. The minimum atomic E-state index is -1.37. The predicted molar refractivity (Wildman–Crippen MR) is 28.3 cm³/mol. The number of carbonyl (C=O) groups is 2. The minimum absolute atomic E-state index is 0. The maximum Gasteiger partial charge on any atom is 1.00 e. The van der Waals surface area contributed by atoms with Gasteiger partial charge in [-0.05, 0) is 12.2 Å². The molecule has 0 aliphatic heterocycles. The zero-order chi connectivity index (χ0) is 7.98. The first-order valence-electron chi connectivity index (χ1n) is 2.39. The van der Waals surface area contributed by atoms with E-state index in [9.17, 15) is 19.8 Å². The predicted octanol–water partition coefficient (Wildman–Crippen LogP) is -2.41. The van der Waals surface area contributed by atoms with E-state index < -0.39 is 11.9 Å². The summed E-state index contributed by atoms with van der Waals surface area (Å²) < 4.78 is 0. The molecule has 0 aliphatic rings. The first-order chi connectivity index (χ1) is 4.63. The molecule has 12 heavy (non-hydrogen) atoms. The van der Waals surface area contributed by atoms with Crippen molar-refractivity contribution in [2.45, 2.75) is 0 Å². The Morgan fingerprint density at radius 2 is 1.08 bits per heavy atom. The minimum Gasteiger partial charge on any atom is -0.545 e. The fourth-order valence-corrected chi connectivity index (χ4v) is 0.268. The van der Waals surface area contributed by atoms with E-state index >= 15 is 0 Å². The Labute approximate surface area is 100 Å². The number of rotatable bonds is 3. The number of allylic oxidation sites excluding steroid dienone is 2. The summed E-state index contributed by atoms with van der Waals surface area (Å²) in [5.74, 6) is -2.74. The van der Waals surface area contributed by atoms with Crippen molar-refractivity contribution in [3.05, 3.63) is 24.3 Å². The zero-order valence-corrected chi connectivity index (χ0v) is 8.51. The Balaban J connectivity index is -0.000000405. The van der Waals surface area contributed by atoms with E-state index in [1.165, 1.54) is 0 Å². The summed E-state index contributed by atoms with van der Waals surface area (Å²) in [5.41, 5.74) is 0. The van der Waals surface area contributed by atoms with Crippen LogP contribution >= 0.6 is 0 Å². The van der Waals surface area contributed by atoms with Crippen LogP contribution in [0, 0.1) is 0 Å². The van der Waals surface area contributed by atoms with Gasteiger partial charge in [0.2, 0.25) is 0 Å². The van der Waals surface area contributed by atoms with Crippen LogP contribution in [0.15, 0.2) is 24.3 Å². The van der Waals surface area contributed by atoms with Crippen molar-refractivity contribution < 1.29 is 64.6 Å². The normalized spacial score (nSPS) is 9.00. The van der Waals surface area contributed by atoms with Gasteiger partial charge < -0.3 is 19.8 Å². The van der Waals surface area contributed by atoms with Gasteiger partial charge in [0.15, 0.2) is 0 Å². The summed E-state index contributed by atoms with van der Waals surface area (Å²) in [6.45, 7) is 0. The van der Waals surface area contributed by atoms with Gasteiger partial charge in [0.05, 0.1) is 11.9 Å². The molecule has 0 aromatic heterocycles. The molecule has 0 bridgehead atoms. The molecule has 0 amide bonds. The Morgan fingerprint density at radius 3 is 1.25 bits per heavy atom. The molecular weight excluding hydrogens is 352 g/mol. The fraction of sp³-hybridized carbons (Fsp3) is 0. The number of carboxylic acids is 2. The Kier molecular flexibility index (Phi) is 16.2. The molecule has 0 radical (unpaired) electrons. The molecule has 6 heteroatoms. The molecule has 0 heterocycles. The second-order valence-corrected chi connectivity index (χ2v) is 1.36. The van der Waals surface area contributed by atoms with Crippen LogP contribution in [0.2, 0.25) is 0 Å². The molecular formula is C6H4Ag2O4. The standard InChI is InChI=1S/C6H6O4.2Ag/c7-5(8)3-1-2-4-6(9)10;;/h1-4H,(H,7,8)(H,9,10);;/q;2*+1/p-2/b3-1+,4-2+;;. The van der Waals surface area contributed by atoms with Gasteiger partial charge in [-0.15, -0.1) is 0 Å². The topological polar surface area (TPSA) is 80.3 Å². The largest absolute Gasteiger partial charge is 1.00 e.